The number of nitrogens with zero attached hydrogens (tertiary/aromatic N) is 1. The monoisotopic (exact) mass is 1130 g/mol. The molecule has 0 unspecified atom stereocenters. The zero-order chi connectivity index (χ0) is 57.9. The van der Waals surface area contributed by atoms with E-state index >= 15 is 0 Å². The molecule has 1 heterocycles. The number of hydrogen-bond donors (Lipinski definition) is 1. The number of ketones is 1. The van der Waals surface area contributed by atoms with Gasteiger partial charge in [0.2, 0.25) is 24.0 Å². The van der Waals surface area contributed by atoms with Gasteiger partial charge in [-0.25, -0.2) is 0 Å². The number of fused-ring (bicyclic) bond motifs is 1. The number of pyridine rings is 1. The summed E-state index contributed by atoms with van der Waals surface area (Å²) in [7, 11) is 0. The Labute approximate surface area is 415 Å². The highest BCUT2D eigenvalue weighted by Gasteiger charge is 2.47. The molecule has 0 atom stereocenters. The average Bonchev–Trinajstić information content (AvgIpc) is 3.29. The van der Waals surface area contributed by atoms with Gasteiger partial charge in [-0.05, 0) is 36.4 Å². The number of alkyl halides is 24. The molecule has 0 aliphatic rings. The maximum atomic E-state index is 14.2. The third-order valence-corrected chi connectivity index (χ3v) is 11.7. The van der Waals surface area contributed by atoms with E-state index in [1.807, 2.05) is 42.5 Å². The number of carbonyl (C=O) groups excluding carboxylic acids is 1. The van der Waals surface area contributed by atoms with Crippen molar-refractivity contribution in [1.29, 1.82) is 0 Å². The second-order valence-corrected chi connectivity index (χ2v) is 16.9. The molecule has 0 spiro atoms. The first kappa shape index (κ1) is 58.8. The largest absolute Gasteiger partial charge is 0.503 e. The topological polar surface area (TPSA) is 41.2 Å². The van der Waals surface area contributed by atoms with Crippen molar-refractivity contribution in [1.82, 2.24) is 0 Å². The van der Waals surface area contributed by atoms with Crippen LogP contribution in [-0.2, 0) is 56.0 Å². The van der Waals surface area contributed by atoms with Crippen LogP contribution in [0.25, 0.3) is 10.9 Å². The van der Waals surface area contributed by atoms with E-state index in [9.17, 15) is 115 Å². The molecule has 7 rings (SSSR count). The van der Waals surface area contributed by atoms with Gasteiger partial charge in [-0.1, -0.05) is 91.0 Å². The van der Waals surface area contributed by atoms with Gasteiger partial charge in [0, 0.05) is 11.6 Å². The van der Waals surface area contributed by atoms with Gasteiger partial charge in [-0.2, -0.15) is 132 Å². The zero-order valence-electron chi connectivity index (χ0n) is 37.4. The van der Waals surface area contributed by atoms with Crippen LogP contribution in [0.3, 0.4) is 0 Å². The highest BCUT2D eigenvalue weighted by molar-refractivity contribution is 7.20. The van der Waals surface area contributed by atoms with Gasteiger partial charge < -0.3 is 5.11 Å². The van der Waals surface area contributed by atoms with Crippen LogP contribution in [0.2, 0.25) is 0 Å². The molecule has 0 aliphatic heterocycles. The van der Waals surface area contributed by atoms with Gasteiger partial charge in [0.1, 0.15) is 6.15 Å². The van der Waals surface area contributed by atoms with Gasteiger partial charge in [-0.15, -0.1) is 0 Å². The van der Waals surface area contributed by atoms with Crippen LogP contribution in [-0.4, -0.2) is 17.0 Å². The molecule has 0 amide bonds. The van der Waals surface area contributed by atoms with Crippen LogP contribution in [0.4, 0.5) is 105 Å². The minimum Gasteiger partial charge on any atom is -0.503 e. The fraction of sp³-hybridized carbons (Fsp3) is 0.184. The number of rotatable bonds is 7. The highest BCUT2D eigenvalue weighted by Crippen LogP contribution is 2.41. The summed E-state index contributed by atoms with van der Waals surface area (Å²) < 4.78 is 343. The second-order valence-electron chi connectivity index (χ2n) is 16.9. The summed E-state index contributed by atoms with van der Waals surface area (Å²) in [6.07, 6.45) is -53.2. The molecule has 7 aromatic rings. The van der Waals surface area contributed by atoms with Crippen LogP contribution < -0.4 is 26.4 Å². The SMILES string of the molecule is FC(F)(F)c1cc([B-](c2cc(C(F)(F)F)cc(C(F)(F)F)c2)(c2cc(C(F)(F)F)cc(C(F)(F)F)c2)c2cc(C(F)(F)F)cc(C(F)(F)F)c2)cc(C(F)(F)F)c1.O=C(C[n+]1cc(O)cc2ccccc21)c1ccccc1. The van der Waals surface area contributed by atoms with Gasteiger partial charge in [0.05, 0.1) is 49.9 Å². The summed E-state index contributed by atoms with van der Waals surface area (Å²) in [5, 5.41) is 10.7. The number of halogens is 24. The maximum absolute atomic E-state index is 14.2. The lowest BCUT2D eigenvalue weighted by molar-refractivity contribution is -0.657. The Bertz CT molecular complexity index is 2870. The van der Waals surface area contributed by atoms with Crippen molar-refractivity contribution in [2.24, 2.45) is 0 Å². The maximum Gasteiger partial charge on any atom is 0.416 e. The summed E-state index contributed by atoms with van der Waals surface area (Å²) >= 11 is 0. The zero-order valence-corrected chi connectivity index (χ0v) is 37.4. The average molecular weight is 1130 g/mol. The van der Waals surface area contributed by atoms with E-state index in [1.54, 1.807) is 29.0 Å². The third-order valence-electron chi connectivity index (χ3n) is 11.7. The number of carbonyl (C=O) groups is 1. The fourth-order valence-corrected chi connectivity index (χ4v) is 8.37. The molecule has 1 aromatic heterocycles. The summed E-state index contributed by atoms with van der Waals surface area (Å²) in [4.78, 5) is 12.3. The van der Waals surface area contributed by atoms with Crippen molar-refractivity contribution < 1.29 is 120 Å². The summed E-state index contributed by atoms with van der Waals surface area (Å²) in [5.74, 6) is 0.177. The number of para-hydroxylation sites is 1. The van der Waals surface area contributed by atoms with E-state index in [0.717, 1.165) is 10.9 Å². The molecule has 77 heavy (non-hydrogen) atoms. The molecule has 0 saturated carbocycles. The van der Waals surface area contributed by atoms with Crippen LogP contribution in [0.1, 0.15) is 54.9 Å². The molecule has 3 nitrogen and oxygen atoms in total. The number of benzene rings is 6. The Kier molecular flexibility index (Phi) is 15.4. The molecular formula is C49H26BF24NO2. The second kappa shape index (κ2) is 20.2. The van der Waals surface area contributed by atoms with E-state index in [2.05, 4.69) is 0 Å². The predicted octanol–water partition coefficient (Wildman–Crippen LogP) is 13.9. The molecule has 28 heteroatoms. The Morgan fingerprint density at radius 1 is 0.364 bits per heavy atom. The minimum absolute atomic E-state index is 0.0198. The number of hydrogen-bond acceptors (Lipinski definition) is 2. The standard InChI is InChI=1S/C32H12BF24.C17H13NO2/c34-25(35,36)13-1-14(26(37,38)39)6-21(5-13)33(22-7-15(27(40,41)42)2-16(8-22)28(43,44)45,23-9-17(29(46,47)48)3-18(10-23)30(49,50)51)24-11-19(31(52,53)54)4-20(12-24)32(55,56)57;19-15-10-14-8-4-5-9-16(14)18(11-15)12-17(20)13-6-2-1-3-7-13/h1-12H;1-11H,12H2/q-1;/p+1. The first-order chi connectivity index (χ1) is 35.0. The normalized spacial score (nSPS) is 13.4. The van der Waals surface area contributed by atoms with Crippen LogP contribution in [0.15, 0.2) is 140 Å². The Morgan fingerprint density at radius 3 is 0.896 bits per heavy atom. The van der Waals surface area contributed by atoms with E-state index in [-0.39, 0.29) is 18.1 Å². The lowest BCUT2D eigenvalue weighted by Crippen LogP contribution is -2.75. The lowest BCUT2D eigenvalue weighted by Gasteiger charge is -2.46. The van der Waals surface area contributed by atoms with Gasteiger partial charge in [0.25, 0.3) is 0 Å². The smallest absolute Gasteiger partial charge is 0.416 e. The van der Waals surface area contributed by atoms with Crippen LogP contribution in [0, 0.1) is 0 Å². The Hall–Kier alpha value is -7.42. The van der Waals surface area contributed by atoms with Crippen molar-refractivity contribution in [2.45, 2.75) is 56.0 Å². The number of aromatic nitrogens is 1. The predicted molar refractivity (Wildman–Crippen MR) is 227 cm³/mol. The van der Waals surface area contributed by atoms with Crippen molar-refractivity contribution >= 4 is 44.7 Å². The van der Waals surface area contributed by atoms with Crippen molar-refractivity contribution in [2.75, 3.05) is 0 Å². The molecule has 6 aromatic carbocycles. The summed E-state index contributed by atoms with van der Waals surface area (Å²) in [6, 6.07) is 9.74. The molecule has 1 N–H and O–H groups in total. The third kappa shape index (κ3) is 13.2. The molecule has 0 radical (unpaired) electrons. The molecular weight excluding hydrogens is 1100 g/mol. The van der Waals surface area contributed by atoms with E-state index in [4.69, 9.17) is 0 Å². The van der Waals surface area contributed by atoms with Crippen LogP contribution in [0.5, 0.6) is 5.75 Å². The molecule has 0 fully saturated rings. The Balaban J connectivity index is 0.000000397. The first-order valence-corrected chi connectivity index (χ1v) is 21.1. The summed E-state index contributed by atoms with van der Waals surface area (Å²) in [6.45, 7) is 0.207. The molecule has 0 saturated heterocycles. The fourth-order valence-electron chi connectivity index (χ4n) is 8.37. The van der Waals surface area contributed by atoms with Crippen molar-refractivity contribution in [3.63, 3.8) is 0 Å². The van der Waals surface area contributed by atoms with E-state index in [0.29, 0.717) is 5.56 Å². The highest BCUT2D eigenvalue weighted by atomic mass is 19.4. The van der Waals surface area contributed by atoms with Gasteiger partial charge in [-0.3, -0.25) is 4.79 Å². The van der Waals surface area contributed by atoms with Crippen LogP contribution >= 0.6 is 0 Å². The van der Waals surface area contributed by atoms with Gasteiger partial charge in [0.15, 0.2) is 5.75 Å². The Morgan fingerprint density at radius 2 is 0.623 bits per heavy atom. The molecule has 0 aliphatic carbocycles. The van der Waals surface area contributed by atoms with E-state index < -0.39 is 195 Å². The molecule has 410 valence electrons. The van der Waals surface area contributed by atoms with E-state index in [1.165, 1.54) is 0 Å². The minimum atomic E-state index is -6.13. The lowest BCUT2D eigenvalue weighted by atomic mass is 9.12. The first-order valence-electron chi connectivity index (χ1n) is 21.1. The number of Topliss-reactive ketones (excluding diaryl/α,β-unsaturated/α-hetero) is 1. The van der Waals surface area contributed by atoms with Gasteiger partial charge >= 0.3 is 49.4 Å². The van der Waals surface area contributed by atoms with Crippen molar-refractivity contribution in [3.05, 3.63) is 190 Å². The number of aromatic hydroxyl groups is 1. The summed E-state index contributed by atoms with van der Waals surface area (Å²) in [5.41, 5.74) is -28.6. The molecule has 0 bridgehead atoms. The quantitative estimate of drug-likeness (QED) is 0.0748. The van der Waals surface area contributed by atoms with Crippen molar-refractivity contribution in [3.8, 4) is 5.75 Å².